The number of aliphatic hydroxyl groups excluding tert-OH is 1. The summed E-state index contributed by atoms with van der Waals surface area (Å²) in [7, 11) is 0. The fourth-order valence-corrected chi connectivity index (χ4v) is 2.15. The Morgan fingerprint density at radius 2 is 1.85 bits per heavy atom. The first-order chi connectivity index (χ1) is 11.9. The van der Waals surface area contributed by atoms with E-state index in [9.17, 15) is 18.3 Å². The standard InChI is InChI=1S/C17H26F3N3O2.HI/c1-3-9-22-16(21-4-2)23-11-14(12-24)10-13-5-7-15(8-6-13)25-17(18,19)20;/h5-8,14,24H,3-4,9-12H2,1-2H3,(H2,21,22,23);1H. The van der Waals surface area contributed by atoms with Crippen LogP contribution in [0.25, 0.3) is 0 Å². The van der Waals surface area contributed by atoms with E-state index in [1.54, 1.807) is 12.1 Å². The molecule has 0 saturated carbocycles. The topological polar surface area (TPSA) is 65.9 Å². The maximum Gasteiger partial charge on any atom is 0.573 e. The molecule has 1 unspecified atom stereocenters. The van der Waals surface area contributed by atoms with Gasteiger partial charge in [0.25, 0.3) is 0 Å². The van der Waals surface area contributed by atoms with Crippen molar-refractivity contribution in [3.63, 3.8) is 0 Å². The molecule has 1 aromatic carbocycles. The number of nitrogens with one attached hydrogen (secondary N) is 2. The zero-order chi connectivity index (χ0) is 18.7. The Balaban J connectivity index is 0.00000625. The van der Waals surface area contributed by atoms with Crippen molar-refractivity contribution in [3.05, 3.63) is 29.8 Å². The van der Waals surface area contributed by atoms with Gasteiger partial charge in [-0.3, -0.25) is 4.99 Å². The highest BCUT2D eigenvalue weighted by Gasteiger charge is 2.30. The molecular formula is C17H27F3IN3O2. The first-order valence-electron chi connectivity index (χ1n) is 8.35. The smallest absolute Gasteiger partial charge is 0.406 e. The molecule has 0 amide bonds. The number of ether oxygens (including phenoxy) is 1. The largest absolute Gasteiger partial charge is 0.573 e. The molecule has 0 aromatic heterocycles. The molecule has 1 atom stereocenters. The minimum Gasteiger partial charge on any atom is -0.406 e. The second kappa shape index (κ2) is 13.0. The summed E-state index contributed by atoms with van der Waals surface area (Å²) >= 11 is 0. The number of halogens is 4. The van der Waals surface area contributed by atoms with E-state index in [1.807, 2.05) is 6.92 Å². The van der Waals surface area contributed by atoms with Crippen molar-refractivity contribution in [3.8, 4) is 5.75 Å². The maximum atomic E-state index is 12.2. The molecule has 0 saturated heterocycles. The lowest BCUT2D eigenvalue weighted by Crippen LogP contribution is -2.38. The first kappa shape index (κ1) is 24.8. The molecule has 0 bridgehead atoms. The number of aliphatic hydroxyl groups is 1. The Hall–Kier alpha value is -1.23. The van der Waals surface area contributed by atoms with E-state index in [4.69, 9.17) is 0 Å². The van der Waals surface area contributed by atoms with Crippen molar-refractivity contribution < 1.29 is 23.0 Å². The highest BCUT2D eigenvalue weighted by atomic mass is 127. The monoisotopic (exact) mass is 489 g/mol. The van der Waals surface area contributed by atoms with E-state index in [-0.39, 0.29) is 42.3 Å². The van der Waals surface area contributed by atoms with Crippen LogP contribution in [0, 0.1) is 5.92 Å². The summed E-state index contributed by atoms with van der Waals surface area (Å²) in [4.78, 5) is 4.45. The van der Waals surface area contributed by atoms with Crippen molar-refractivity contribution in [2.45, 2.75) is 33.1 Å². The van der Waals surface area contributed by atoms with E-state index in [0.717, 1.165) is 25.1 Å². The zero-order valence-electron chi connectivity index (χ0n) is 15.0. The summed E-state index contributed by atoms with van der Waals surface area (Å²) in [6.45, 7) is 5.92. The second-order valence-electron chi connectivity index (χ2n) is 5.59. The molecular weight excluding hydrogens is 462 g/mol. The van der Waals surface area contributed by atoms with Gasteiger partial charge in [0, 0.05) is 32.2 Å². The van der Waals surface area contributed by atoms with Crippen molar-refractivity contribution in [2.24, 2.45) is 10.9 Å². The molecule has 0 aliphatic carbocycles. The number of guanidine groups is 1. The van der Waals surface area contributed by atoms with E-state index < -0.39 is 6.36 Å². The van der Waals surface area contributed by atoms with E-state index in [2.05, 4.69) is 27.3 Å². The maximum absolute atomic E-state index is 12.2. The number of hydrogen-bond acceptors (Lipinski definition) is 3. The Labute approximate surface area is 169 Å². The Morgan fingerprint density at radius 3 is 2.35 bits per heavy atom. The van der Waals surface area contributed by atoms with Gasteiger partial charge in [0.2, 0.25) is 0 Å². The van der Waals surface area contributed by atoms with Gasteiger partial charge in [0.05, 0.1) is 0 Å². The van der Waals surface area contributed by atoms with Gasteiger partial charge < -0.3 is 20.5 Å². The molecule has 9 heteroatoms. The van der Waals surface area contributed by atoms with Gasteiger partial charge in [0.1, 0.15) is 5.75 Å². The third-order valence-electron chi connectivity index (χ3n) is 3.33. The van der Waals surface area contributed by atoms with E-state index in [1.165, 1.54) is 12.1 Å². The summed E-state index contributed by atoms with van der Waals surface area (Å²) in [5, 5.41) is 15.8. The quantitative estimate of drug-likeness (QED) is 0.283. The third-order valence-corrected chi connectivity index (χ3v) is 3.33. The van der Waals surface area contributed by atoms with Gasteiger partial charge in [0.15, 0.2) is 5.96 Å². The highest BCUT2D eigenvalue weighted by molar-refractivity contribution is 14.0. The van der Waals surface area contributed by atoms with Crippen LogP contribution < -0.4 is 15.4 Å². The van der Waals surface area contributed by atoms with Gasteiger partial charge in [-0.15, -0.1) is 37.1 Å². The predicted octanol–water partition coefficient (Wildman–Crippen LogP) is 3.32. The molecule has 5 nitrogen and oxygen atoms in total. The molecule has 150 valence electrons. The van der Waals surface area contributed by atoms with Crippen molar-refractivity contribution in [1.82, 2.24) is 10.6 Å². The molecule has 1 rings (SSSR count). The normalized spacial score (nSPS) is 12.9. The van der Waals surface area contributed by atoms with Gasteiger partial charge in [-0.1, -0.05) is 19.1 Å². The van der Waals surface area contributed by atoms with Crippen molar-refractivity contribution in [1.29, 1.82) is 0 Å². The summed E-state index contributed by atoms with van der Waals surface area (Å²) in [5.74, 6) is 0.316. The van der Waals surface area contributed by atoms with Crippen molar-refractivity contribution in [2.75, 3.05) is 26.2 Å². The first-order valence-corrected chi connectivity index (χ1v) is 8.35. The lowest BCUT2D eigenvalue weighted by molar-refractivity contribution is -0.274. The van der Waals surface area contributed by atoms with E-state index >= 15 is 0 Å². The molecule has 1 aromatic rings. The second-order valence-corrected chi connectivity index (χ2v) is 5.59. The highest BCUT2D eigenvalue weighted by Crippen LogP contribution is 2.23. The van der Waals surface area contributed by atoms with Crippen molar-refractivity contribution >= 4 is 29.9 Å². The number of nitrogens with zero attached hydrogens (tertiary/aromatic N) is 1. The predicted molar refractivity (Wildman–Crippen MR) is 107 cm³/mol. The summed E-state index contributed by atoms with van der Waals surface area (Å²) < 4.78 is 40.3. The number of hydrogen-bond donors (Lipinski definition) is 3. The van der Waals surface area contributed by atoms with Crippen LogP contribution in [0.2, 0.25) is 0 Å². The van der Waals surface area contributed by atoms with Crippen LogP contribution in [-0.4, -0.2) is 43.7 Å². The number of benzene rings is 1. The van der Waals surface area contributed by atoms with Gasteiger partial charge in [-0.2, -0.15) is 0 Å². The third kappa shape index (κ3) is 10.7. The molecule has 0 aliphatic rings. The van der Waals surface area contributed by atoms with Gasteiger partial charge >= 0.3 is 6.36 Å². The minimum absolute atomic E-state index is 0. The molecule has 0 spiro atoms. The fraction of sp³-hybridized carbons (Fsp3) is 0.588. The average molecular weight is 489 g/mol. The zero-order valence-corrected chi connectivity index (χ0v) is 17.3. The average Bonchev–Trinajstić information content (AvgIpc) is 2.56. The van der Waals surface area contributed by atoms with Gasteiger partial charge in [-0.25, -0.2) is 0 Å². The van der Waals surface area contributed by atoms with E-state index in [0.29, 0.717) is 18.9 Å². The molecule has 3 N–H and O–H groups in total. The number of aliphatic imine (C=N–C) groups is 1. The molecule has 0 heterocycles. The minimum atomic E-state index is -4.70. The summed E-state index contributed by atoms with van der Waals surface area (Å²) in [5.41, 5.74) is 0.815. The van der Waals surface area contributed by atoms with Crippen LogP contribution in [0.5, 0.6) is 5.75 Å². The van der Waals surface area contributed by atoms with Gasteiger partial charge in [-0.05, 0) is 37.5 Å². The van der Waals surface area contributed by atoms with Crippen LogP contribution in [0.1, 0.15) is 25.8 Å². The SMILES string of the molecule is CCCNC(=NCC(CO)Cc1ccc(OC(F)(F)F)cc1)NCC.I. The molecule has 0 fully saturated rings. The lowest BCUT2D eigenvalue weighted by Gasteiger charge is -2.15. The Kier molecular flexibility index (Phi) is 12.4. The van der Waals surface area contributed by atoms with Crippen LogP contribution in [-0.2, 0) is 6.42 Å². The Morgan fingerprint density at radius 1 is 1.19 bits per heavy atom. The Bertz CT molecular complexity index is 525. The summed E-state index contributed by atoms with van der Waals surface area (Å²) in [6.07, 6.45) is -3.21. The lowest BCUT2D eigenvalue weighted by atomic mass is 10.0. The molecule has 0 aliphatic heterocycles. The van der Waals surface area contributed by atoms with Crippen LogP contribution >= 0.6 is 24.0 Å². The van der Waals surface area contributed by atoms with Crippen LogP contribution in [0.4, 0.5) is 13.2 Å². The number of rotatable bonds is 9. The molecule has 0 radical (unpaired) electrons. The fourth-order valence-electron chi connectivity index (χ4n) is 2.15. The van der Waals surface area contributed by atoms with Crippen LogP contribution in [0.3, 0.4) is 0 Å². The van der Waals surface area contributed by atoms with Crippen LogP contribution in [0.15, 0.2) is 29.3 Å². The molecule has 26 heavy (non-hydrogen) atoms. The summed E-state index contributed by atoms with van der Waals surface area (Å²) in [6, 6.07) is 5.67. The number of alkyl halides is 3.